The van der Waals surface area contributed by atoms with Crippen LogP contribution >= 0.6 is 11.3 Å². The Balaban J connectivity index is 1.79. The van der Waals surface area contributed by atoms with Gasteiger partial charge in [-0.05, 0) is 31.2 Å². The Labute approximate surface area is 185 Å². The second-order valence-electron chi connectivity index (χ2n) is 7.21. The number of amides is 1. The van der Waals surface area contributed by atoms with E-state index in [4.69, 9.17) is 18.6 Å². The van der Waals surface area contributed by atoms with E-state index in [2.05, 4.69) is 16.3 Å². The van der Waals surface area contributed by atoms with Crippen molar-refractivity contribution < 1.29 is 23.4 Å². The van der Waals surface area contributed by atoms with Gasteiger partial charge in [0.25, 0.3) is 5.91 Å². The Morgan fingerprint density at radius 2 is 1.94 bits per heavy atom. The molecule has 0 saturated carbocycles. The first-order chi connectivity index (χ1) is 15.1. The number of ether oxygens (including phenoxy) is 3. The average molecular weight is 443 g/mol. The quantitative estimate of drug-likeness (QED) is 0.587. The number of nitrogens with zero attached hydrogens (tertiary/aromatic N) is 1. The van der Waals surface area contributed by atoms with Gasteiger partial charge in [0.2, 0.25) is 0 Å². The summed E-state index contributed by atoms with van der Waals surface area (Å²) < 4.78 is 22.2. The number of rotatable bonds is 7. The minimum Gasteiger partial charge on any atom is -0.493 e. The lowest BCUT2D eigenvalue weighted by molar-refractivity contribution is 0.0237. The van der Waals surface area contributed by atoms with Crippen LogP contribution in [0.25, 0.3) is 0 Å². The zero-order valence-electron chi connectivity index (χ0n) is 17.8. The molecule has 1 aromatic carbocycles. The third-order valence-electron chi connectivity index (χ3n) is 5.29. The molecule has 0 aliphatic carbocycles. The van der Waals surface area contributed by atoms with Gasteiger partial charge in [-0.2, -0.15) is 0 Å². The number of methoxy groups -OCH3 is 2. The van der Waals surface area contributed by atoms with Gasteiger partial charge >= 0.3 is 0 Å². The van der Waals surface area contributed by atoms with Crippen molar-refractivity contribution in [2.24, 2.45) is 0 Å². The summed E-state index contributed by atoms with van der Waals surface area (Å²) in [6.45, 7) is 4.88. The molecule has 4 rings (SSSR count). The van der Waals surface area contributed by atoms with Gasteiger partial charge < -0.3 is 23.9 Å². The maximum atomic E-state index is 12.7. The van der Waals surface area contributed by atoms with Crippen LogP contribution in [0.4, 0.5) is 5.00 Å². The molecule has 1 amide bonds. The lowest BCUT2D eigenvalue weighted by Crippen LogP contribution is -2.39. The number of aryl methyl sites for hydroxylation is 1. The van der Waals surface area contributed by atoms with Crippen molar-refractivity contribution in [3.8, 4) is 11.5 Å². The van der Waals surface area contributed by atoms with E-state index in [1.54, 1.807) is 37.7 Å². The maximum Gasteiger partial charge on any atom is 0.291 e. The SMILES string of the molecule is COc1cccc(C(c2cc(C)sc2NC(=O)c2ccco2)N2CCOCC2)c1OC. The summed E-state index contributed by atoms with van der Waals surface area (Å²) in [5, 5.41) is 3.84. The van der Waals surface area contributed by atoms with Crippen LogP contribution in [0.1, 0.15) is 32.6 Å². The van der Waals surface area contributed by atoms with Gasteiger partial charge in [0, 0.05) is 29.1 Å². The van der Waals surface area contributed by atoms with Crippen LogP contribution in [0.3, 0.4) is 0 Å². The molecule has 0 radical (unpaired) electrons. The van der Waals surface area contributed by atoms with Crippen molar-refractivity contribution in [3.05, 3.63) is 64.4 Å². The highest BCUT2D eigenvalue weighted by Crippen LogP contribution is 2.44. The second kappa shape index (κ2) is 9.55. The molecule has 1 saturated heterocycles. The van der Waals surface area contributed by atoms with Gasteiger partial charge in [-0.15, -0.1) is 11.3 Å². The molecule has 2 aromatic heterocycles. The normalized spacial score (nSPS) is 15.5. The van der Waals surface area contributed by atoms with Crippen LogP contribution in [0.5, 0.6) is 11.5 Å². The fraction of sp³-hybridized carbons (Fsp3) is 0.348. The van der Waals surface area contributed by atoms with Crippen LogP contribution < -0.4 is 14.8 Å². The summed E-state index contributed by atoms with van der Waals surface area (Å²) in [5.74, 6) is 1.37. The molecule has 1 aliphatic rings. The minimum atomic E-state index is -0.272. The number of benzene rings is 1. The molecule has 164 valence electrons. The first-order valence-electron chi connectivity index (χ1n) is 10.1. The van der Waals surface area contributed by atoms with Crippen LogP contribution in [-0.2, 0) is 4.74 Å². The van der Waals surface area contributed by atoms with E-state index in [1.807, 2.05) is 25.1 Å². The fourth-order valence-corrected chi connectivity index (χ4v) is 4.87. The van der Waals surface area contributed by atoms with Crippen LogP contribution in [-0.4, -0.2) is 51.3 Å². The lowest BCUT2D eigenvalue weighted by atomic mass is 9.96. The predicted molar refractivity (Wildman–Crippen MR) is 119 cm³/mol. The Hall–Kier alpha value is -2.81. The smallest absolute Gasteiger partial charge is 0.291 e. The number of furan rings is 1. The number of nitrogens with one attached hydrogen (secondary N) is 1. The summed E-state index contributed by atoms with van der Waals surface area (Å²) in [4.78, 5) is 16.2. The van der Waals surface area contributed by atoms with Gasteiger partial charge in [0.1, 0.15) is 5.00 Å². The largest absolute Gasteiger partial charge is 0.493 e. The van der Waals surface area contributed by atoms with E-state index >= 15 is 0 Å². The number of carbonyl (C=O) groups excluding carboxylic acids is 1. The van der Waals surface area contributed by atoms with Gasteiger partial charge in [-0.1, -0.05) is 12.1 Å². The number of para-hydroxylation sites is 1. The third kappa shape index (κ3) is 4.46. The average Bonchev–Trinajstić information content (AvgIpc) is 3.45. The minimum absolute atomic E-state index is 0.134. The zero-order valence-corrected chi connectivity index (χ0v) is 18.7. The van der Waals surface area contributed by atoms with E-state index < -0.39 is 0 Å². The molecule has 3 aromatic rings. The number of hydrogen-bond acceptors (Lipinski definition) is 7. The Morgan fingerprint density at radius 3 is 2.61 bits per heavy atom. The number of thiophene rings is 1. The molecule has 1 aliphatic heterocycles. The second-order valence-corrected chi connectivity index (χ2v) is 8.46. The summed E-state index contributed by atoms with van der Waals surface area (Å²) in [6, 6.07) is 11.2. The highest BCUT2D eigenvalue weighted by Gasteiger charge is 2.31. The van der Waals surface area contributed by atoms with Gasteiger partial charge in [-0.3, -0.25) is 9.69 Å². The summed E-state index contributed by atoms with van der Waals surface area (Å²) >= 11 is 1.55. The highest BCUT2D eigenvalue weighted by atomic mass is 32.1. The number of carbonyl (C=O) groups is 1. The van der Waals surface area contributed by atoms with Crippen LogP contribution in [0, 0.1) is 6.92 Å². The Morgan fingerprint density at radius 1 is 1.13 bits per heavy atom. The van der Waals surface area contributed by atoms with Crippen LogP contribution in [0.15, 0.2) is 47.1 Å². The van der Waals surface area contributed by atoms with E-state index in [0.29, 0.717) is 24.7 Å². The van der Waals surface area contributed by atoms with Crippen molar-refractivity contribution in [1.82, 2.24) is 4.90 Å². The van der Waals surface area contributed by atoms with Crippen molar-refractivity contribution >= 4 is 22.2 Å². The first kappa shape index (κ1) is 21.4. The van der Waals surface area contributed by atoms with Crippen molar-refractivity contribution in [2.45, 2.75) is 13.0 Å². The van der Waals surface area contributed by atoms with Crippen LogP contribution in [0.2, 0.25) is 0 Å². The van der Waals surface area contributed by atoms with E-state index in [-0.39, 0.29) is 17.7 Å². The molecular formula is C23H26N2O5S. The summed E-state index contributed by atoms with van der Waals surface area (Å²) in [6.07, 6.45) is 1.49. The number of anilines is 1. The van der Waals surface area contributed by atoms with Crippen molar-refractivity contribution in [2.75, 3.05) is 45.8 Å². The maximum absolute atomic E-state index is 12.7. The van der Waals surface area contributed by atoms with Crippen molar-refractivity contribution in [1.29, 1.82) is 0 Å². The molecule has 1 fully saturated rings. The molecule has 3 heterocycles. The van der Waals surface area contributed by atoms with Gasteiger partial charge in [0.05, 0.1) is 39.7 Å². The number of morpholine rings is 1. The molecule has 1 atom stereocenters. The molecule has 31 heavy (non-hydrogen) atoms. The summed E-state index contributed by atoms with van der Waals surface area (Å²) in [5.41, 5.74) is 1.99. The van der Waals surface area contributed by atoms with Gasteiger partial charge in [0.15, 0.2) is 17.3 Å². The molecule has 8 heteroatoms. The highest BCUT2D eigenvalue weighted by molar-refractivity contribution is 7.16. The first-order valence-corrected chi connectivity index (χ1v) is 10.9. The molecule has 0 bridgehead atoms. The zero-order chi connectivity index (χ0) is 21.8. The summed E-state index contributed by atoms with van der Waals surface area (Å²) in [7, 11) is 3.28. The lowest BCUT2D eigenvalue weighted by Gasteiger charge is -2.36. The van der Waals surface area contributed by atoms with Gasteiger partial charge in [-0.25, -0.2) is 0 Å². The molecule has 1 unspecified atom stereocenters. The van der Waals surface area contributed by atoms with E-state index in [1.165, 1.54) is 6.26 Å². The Bertz CT molecular complexity index is 1020. The molecular weight excluding hydrogens is 416 g/mol. The van der Waals surface area contributed by atoms with Crippen molar-refractivity contribution in [3.63, 3.8) is 0 Å². The standard InChI is InChI=1S/C23H26N2O5S/c1-15-14-17(23(31-15)24-22(26)19-8-5-11-30-19)20(25-9-12-29-13-10-25)16-6-4-7-18(27-2)21(16)28-3/h4-8,11,14,20H,9-10,12-13H2,1-3H3,(H,24,26). The van der Waals surface area contributed by atoms with E-state index in [0.717, 1.165) is 34.1 Å². The topological polar surface area (TPSA) is 73.2 Å². The van der Waals surface area contributed by atoms with E-state index in [9.17, 15) is 4.79 Å². The third-order valence-corrected chi connectivity index (χ3v) is 6.27. The molecule has 1 N–H and O–H groups in total. The Kier molecular flexibility index (Phi) is 6.60. The predicted octanol–water partition coefficient (Wildman–Crippen LogP) is 4.34. The molecule has 7 nitrogen and oxygen atoms in total. The molecule has 0 spiro atoms. The number of hydrogen-bond donors (Lipinski definition) is 1. The monoisotopic (exact) mass is 442 g/mol. The fourth-order valence-electron chi connectivity index (χ4n) is 3.93.